The second-order valence-electron chi connectivity index (χ2n) is 16.7. The molecule has 1 amide bonds. The number of aliphatic hydroxyl groups is 2. The molecule has 0 aromatic heterocycles. The summed E-state index contributed by atoms with van der Waals surface area (Å²) >= 11 is 0. The Hall–Kier alpha value is -5.34. The van der Waals surface area contributed by atoms with Crippen molar-refractivity contribution >= 4 is 11.7 Å². The third-order valence-corrected chi connectivity index (χ3v) is 12.5. The average Bonchev–Trinajstić information content (AvgIpc) is 3.47. The molecular weight excluding hydrogens is 817 g/mol. The van der Waals surface area contributed by atoms with Crippen LogP contribution in [-0.4, -0.2) is 65.6 Å². The highest BCUT2D eigenvalue weighted by Crippen LogP contribution is 2.59. The number of methoxy groups -OCH3 is 2. The van der Waals surface area contributed by atoms with E-state index in [-0.39, 0.29) is 43.5 Å². The number of aliphatic hydroxyl groups excluding tert-OH is 1. The maximum absolute atomic E-state index is 14.5. The average molecular weight is 868 g/mol. The van der Waals surface area contributed by atoms with E-state index in [9.17, 15) is 46.1 Å². The topological polar surface area (TPSA) is 106 Å². The predicted octanol–water partition coefficient (Wildman–Crippen LogP) is 10.2. The maximum Gasteiger partial charge on any atom is 0.573 e. The van der Waals surface area contributed by atoms with Crippen LogP contribution in [-0.2, 0) is 30.4 Å². The lowest BCUT2D eigenvalue weighted by atomic mass is 9.64. The highest BCUT2D eigenvalue weighted by Gasteiger charge is 2.57. The Morgan fingerprint density at radius 1 is 0.855 bits per heavy atom. The fourth-order valence-corrected chi connectivity index (χ4v) is 9.03. The molecule has 4 atom stereocenters. The first kappa shape index (κ1) is 46.2. The van der Waals surface area contributed by atoms with E-state index in [1.165, 1.54) is 43.4 Å². The molecule has 3 aliphatic carbocycles. The Kier molecular flexibility index (Phi) is 13.8. The second-order valence-corrected chi connectivity index (χ2v) is 16.7. The molecule has 332 valence electrons. The van der Waals surface area contributed by atoms with Gasteiger partial charge in [0.05, 0.1) is 44.5 Å². The van der Waals surface area contributed by atoms with Crippen LogP contribution in [0.15, 0.2) is 96.6 Å². The van der Waals surface area contributed by atoms with Crippen molar-refractivity contribution in [2.75, 3.05) is 20.8 Å². The summed E-state index contributed by atoms with van der Waals surface area (Å²) in [6.45, 7) is 3.60. The first-order valence-electron chi connectivity index (χ1n) is 20.5. The summed E-state index contributed by atoms with van der Waals surface area (Å²) in [5.41, 5.74) is -0.348. The van der Waals surface area contributed by atoms with Gasteiger partial charge in [-0.15, -0.1) is 13.2 Å². The lowest BCUT2D eigenvalue weighted by molar-refractivity contribution is -0.274. The van der Waals surface area contributed by atoms with Crippen molar-refractivity contribution in [3.8, 4) is 17.2 Å². The van der Waals surface area contributed by atoms with Gasteiger partial charge in [0, 0.05) is 23.1 Å². The van der Waals surface area contributed by atoms with Crippen LogP contribution >= 0.6 is 0 Å². The van der Waals surface area contributed by atoms with E-state index in [4.69, 9.17) is 9.47 Å². The summed E-state index contributed by atoms with van der Waals surface area (Å²) in [5.74, 6) is -1.13. The van der Waals surface area contributed by atoms with Crippen molar-refractivity contribution in [2.24, 2.45) is 5.41 Å². The molecule has 0 saturated heterocycles. The molecule has 2 N–H and O–H groups in total. The number of hydrogen-bond donors (Lipinski definition) is 2. The number of nitrogens with zero attached hydrogens (tertiary/aromatic N) is 1. The molecular formula is C48H51F6NO7. The van der Waals surface area contributed by atoms with Crippen LogP contribution in [0.25, 0.3) is 0 Å². The molecule has 4 aromatic carbocycles. The number of fused-ring (bicyclic) bond motifs is 8. The number of carbonyl (C=O) groups excluding carboxylic acids is 2. The molecule has 14 heteroatoms. The Labute approximate surface area is 357 Å². The van der Waals surface area contributed by atoms with Crippen LogP contribution in [0.5, 0.6) is 17.2 Å². The van der Waals surface area contributed by atoms with Crippen LogP contribution in [0.1, 0.15) is 102 Å². The Morgan fingerprint density at radius 2 is 1.56 bits per heavy atom. The van der Waals surface area contributed by atoms with Gasteiger partial charge < -0.3 is 29.3 Å². The van der Waals surface area contributed by atoms with Gasteiger partial charge >= 0.3 is 12.5 Å². The van der Waals surface area contributed by atoms with Crippen molar-refractivity contribution in [3.05, 3.63) is 136 Å². The zero-order valence-electron chi connectivity index (χ0n) is 35.0. The third-order valence-electron chi connectivity index (χ3n) is 12.5. The maximum atomic E-state index is 14.5. The smallest absolute Gasteiger partial charge is 0.493 e. The standard InChI is InChI=1S/C48H51F6NO7/c1-30-7-6-21-45(2)40(38-18-13-32(23-36(56)15-10-30)24-39(38)44(58)34-8-5-9-35(27-34)47(49,50)51)20-22-46(45,59)29-55(28-31-11-16-37(17-12-31)62-48(52,53)54)43(57)26-33-14-19-41(60-3)42(25-33)61-4/h5,7-9,11-14,16-19,24-25,27,36,40,56,59H,6,10,15,20-23,26,28-29H2,1-4H3/t36-,40-,45-,46+/m0/s1. The summed E-state index contributed by atoms with van der Waals surface area (Å²) in [4.78, 5) is 30.4. The Balaban J connectivity index is 1.42. The zero-order chi connectivity index (χ0) is 45.0. The Bertz CT molecular complexity index is 2270. The van der Waals surface area contributed by atoms with Gasteiger partial charge in [0.25, 0.3) is 0 Å². The molecule has 0 radical (unpaired) electrons. The van der Waals surface area contributed by atoms with Gasteiger partial charge in [0.1, 0.15) is 5.75 Å². The molecule has 2 bridgehead atoms. The van der Waals surface area contributed by atoms with Crippen molar-refractivity contribution in [3.63, 3.8) is 0 Å². The van der Waals surface area contributed by atoms with Crippen LogP contribution < -0.4 is 14.2 Å². The molecule has 8 nitrogen and oxygen atoms in total. The van der Waals surface area contributed by atoms with Gasteiger partial charge in [-0.05, 0) is 123 Å². The molecule has 4 aromatic rings. The number of amides is 1. The first-order chi connectivity index (χ1) is 29.2. The van der Waals surface area contributed by atoms with Crippen LogP contribution in [0.3, 0.4) is 0 Å². The van der Waals surface area contributed by atoms with Gasteiger partial charge in [-0.2, -0.15) is 13.2 Å². The summed E-state index contributed by atoms with van der Waals surface area (Å²) in [6.07, 6.45) is -5.76. The van der Waals surface area contributed by atoms with Crippen molar-refractivity contribution in [2.45, 2.75) is 102 Å². The van der Waals surface area contributed by atoms with E-state index in [0.717, 1.165) is 29.8 Å². The summed E-state index contributed by atoms with van der Waals surface area (Å²) < 4.78 is 95.4. The number of hydrogen-bond acceptors (Lipinski definition) is 7. The molecule has 0 heterocycles. The zero-order valence-corrected chi connectivity index (χ0v) is 35.0. The van der Waals surface area contributed by atoms with Crippen molar-refractivity contribution in [1.29, 1.82) is 0 Å². The van der Waals surface area contributed by atoms with Gasteiger partial charge in [0.2, 0.25) is 5.91 Å². The molecule has 0 unspecified atom stereocenters. The monoisotopic (exact) mass is 867 g/mol. The molecule has 62 heavy (non-hydrogen) atoms. The number of alkyl halides is 6. The lowest BCUT2D eigenvalue weighted by Gasteiger charge is -2.46. The van der Waals surface area contributed by atoms with Crippen LogP contribution in [0.4, 0.5) is 26.3 Å². The molecule has 0 aliphatic heterocycles. The second kappa shape index (κ2) is 18.6. The quantitative estimate of drug-likeness (QED) is 0.0879. The van der Waals surface area contributed by atoms with E-state index in [2.05, 4.69) is 10.8 Å². The SMILES string of the molecule is COc1ccc(CC(=O)N(Cc2ccc(OC(F)(F)F)cc2)C[C@]2(O)CC[C@H]3c4ccc(cc4C(=O)c4cccc(C(F)(F)F)c4)C[C@@H](O)CCC(C)=CCC[C@@]32C)cc1OC. The minimum atomic E-state index is -4.90. The highest BCUT2D eigenvalue weighted by atomic mass is 19.4. The summed E-state index contributed by atoms with van der Waals surface area (Å²) in [6, 6.07) is 19.6. The number of allylic oxidation sites excluding steroid dienone is 2. The third kappa shape index (κ3) is 10.6. The predicted molar refractivity (Wildman–Crippen MR) is 220 cm³/mol. The van der Waals surface area contributed by atoms with E-state index in [1.807, 2.05) is 13.8 Å². The van der Waals surface area contributed by atoms with Gasteiger partial charge in [-0.1, -0.05) is 61.0 Å². The fourth-order valence-electron chi connectivity index (χ4n) is 9.03. The fraction of sp³-hybridized carbons (Fsp3) is 0.417. The van der Waals surface area contributed by atoms with Crippen LogP contribution in [0, 0.1) is 5.41 Å². The largest absolute Gasteiger partial charge is 0.573 e. The minimum Gasteiger partial charge on any atom is -0.493 e. The molecule has 0 spiro atoms. The van der Waals surface area contributed by atoms with E-state index >= 15 is 0 Å². The first-order valence-corrected chi connectivity index (χ1v) is 20.5. The van der Waals surface area contributed by atoms with Crippen LogP contribution in [0.2, 0.25) is 0 Å². The number of halogens is 6. The van der Waals surface area contributed by atoms with Crippen molar-refractivity contribution < 1.29 is 60.4 Å². The highest BCUT2D eigenvalue weighted by molar-refractivity contribution is 6.10. The van der Waals surface area contributed by atoms with E-state index < -0.39 is 58.6 Å². The van der Waals surface area contributed by atoms with Gasteiger partial charge in [-0.25, -0.2) is 0 Å². The van der Waals surface area contributed by atoms with Gasteiger partial charge in [-0.3, -0.25) is 9.59 Å². The molecule has 1 fully saturated rings. The summed E-state index contributed by atoms with van der Waals surface area (Å²) in [5, 5.41) is 24.1. The van der Waals surface area contributed by atoms with E-state index in [1.54, 1.807) is 36.4 Å². The lowest BCUT2D eigenvalue weighted by Crippen LogP contribution is -2.53. The normalized spacial score (nSPS) is 22.0. The number of carbonyl (C=O) groups is 2. The number of ether oxygens (including phenoxy) is 3. The molecule has 3 aliphatic rings. The number of ketones is 1. The van der Waals surface area contributed by atoms with Gasteiger partial charge in [0.15, 0.2) is 17.3 Å². The minimum absolute atomic E-state index is 0.0865. The number of rotatable bonds is 11. The molecule has 1 saturated carbocycles. The van der Waals surface area contributed by atoms with E-state index in [0.29, 0.717) is 65.9 Å². The van der Waals surface area contributed by atoms with Crippen molar-refractivity contribution in [1.82, 2.24) is 4.90 Å². The number of benzene rings is 4. The molecule has 7 rings (SSSR count). The Morgan fingerprint density at radius 3 is 2.24 bits per heavy atom. The summed E-state index contributed by atoms with van der Waals surface area (Å²) in [7, 11) is 2.95.